The minimum atomic E-state index is -4.67. The minimum Gasteiger partial charge on any atom is -0.395 e. The van der Waals surface area contributed by atoms with Crippen LogP contribution in [0, 0.1) is 0 Å². The van der Waals surface area contributed by atoms with Gasteiger partial charge in [0, 0.05) is 19.6 Å². The Bertz CT molecular complexity index is 304. The Labute approximate surface area is 131 Å². The van der Waals surface area contributed by atoms with E-state index in [-0.39, 0.29) is 19.8 Å². The molecule has 0 aromatic rings. The Morgan fingerprint density at radius 3 is 1.32 bits per heavy atom. The van der Waals surface area contributed by atoms with Crippen molar-refractivity contribution < 1.29 is 37.6 Å². The smallest absolute Gasteiger partial charge is 0.394 e. The van der Waals surface area contributed by atoms with Gasteiger partial charge in [-0.2, -0.15) is 8.42 Å². The van der Waals surface area contributed by atoms with E-state index in [1.807, 2.05) is 0 Å². The second kappa shape index (κ2) is 20.1. The van der Waals surface area contributed by atoms with Crippen LogP contribution < -0.4 is 0 Å². The maximum absolute atomic E-state index is 8.74. The molecule has 0 amide bonds. The van der Waals surface area contributed by atoms with Gasteiger partial charge in [0.15, 0.2) is 0 Å². The molecule has 0 aliphatic rings. The number of nitrogens with zero attached hydrogens (tertiary/aromatic N) is 1. The van der Waals surface area contributed by atoms with E-state index in [0.29, 0.717) is 32.8 Å². The first-order valence-electron chi connectivity index (χ1n) is 6.31. The van der Waals surface area contributed by atoms with Gasteiger partial charge in [0.05, 0.1) is 33.0 Å². The molecular formula is C12H27NO8S. The zero-order valence-corrected chi connectivity index (χ0v) is 13.4. The molecule has 0 bridgehead atoms. The van der Waals surface area contributed by atoms with Crippen LogP contribution in [0.4, 0.5) is 0 Å². The van der Waals surface area contributed by atoms with Gasteiger partial charge in [-0.25, -0.2) is 0 Å². The van der Waals surface area contributed by atoms with Gasteiger partial charge in [-0.15, -0.1) is 13.2 Å². The summed E-state index contributed by atoms with van der Waals surface area (Å²) in [6, 6.07) is 0. The van der Waals surface area contributed by atoms with Gasteiger partial charge in [-0.1, -0.05) is 12.2 Å². The summed E-state index contributed by atoms with van der Waals surface area (Å²) in [6.07, 6.45) is 3.42. The van der Waals surface area contributed by atoms with Crippen molar-refractivity contribution in [1.82, 2.24) is 4.90 Å². The van der Waals surface area contributed by atoms with E-state index in [1.165, 1.54) is 0 Å². The van der Waals surface area contributed by atoms with Crippen LogP contribution in [0.2, 0.25) is 0 Å². The Morgan fingerprint density at radius 2 is 1.14 bits per heavy atom. The third-order valence-electron chi connectivity index (χ3n) is 1.72. The maximum Gasteiger partial charge on any atom is 0.394 e. The van der Waals surface area contributed by atoms with Crippen molar-refractivity contribution in [2.24, 2.45) is 0 Å². The van der Waals surface area contributed by atoms with Gasteiger partial charge < -0.3 is 20.1 Å². The number of aliphatic hydroxyl groups is 3. The molecule has 0 spiro atoms. The molecule has 0 rings (SSSR count). The highest BCUT2D eigenvalue weighted by atomic mass is 32.3. The third kappa shape index (κ3) is 42.7. The highest BCUT2D eigenvalue weighted by Crippen LogP contribution is 1.84. The van der Waals surface area contributed by atoms with Crippen LogP contribution in [0.5, 0.6) is 0 Å². The van der Waals surface area contributed by atoms with Crippen LogP contribution in [0.25, 0.3) is 0 Å². The van der Waals surface area contributed by atoms with Crippen molar-refractivity contribution in [1.29, 1.82) is 0 Å². The number of rotatable bonds is 10. The molecule has 0 unspecified atom stereocenters. The summed E-state index contributed by atoms with van der Waals surface area (Å²) in [5.41, 5.74) is 0. The summed E-state index contributed by atoms with van der Waals surface area (Å²) in [7, 11) is -4.67. The summed E-state index contributed by atoms with van der Waals surface area (Å²) in [5, 5.41) is 25.5. The maximum atomic E-state index is 8.74. The summed E-state index contributed by atoms with van der Waals surface area (Å²) < 4.78 is 36.5. The topological polar surface area (TPSA) is 148 Å². The molecule has 9 nitrogen and oxygen atoms in total. The minimum absolute atomic E-state index is 0.0694. The monoisotopic (exact) mass is 345 g/mol. The molecule has 22 heavy (non-hydrogen) atoms. The summed E-state index contributed by atoms with van der Waals surface area (Å²) in [6.45, 7) is 9.93. The van der Waals surface area contributed by atoms with Crippen LogP contribution in [0.1, 0.15) is 0 Å². The van der Waals surface area contributed by atoms with E-state index >= 15 is 0 Å². The van der Waals surface area contributed by atoms with Crippen LogP contribution in [0.15, 0.2) is 25.3 Å². The van der Waals surface area contributed by atoms with E-state index in [2.05, 4.69) is 13.2 Å². The second-order valence-electron chi connectivity index (χ2n) is 3.58. The normalized spacial score (nSPS) is 10.1. The van der Waals surface area contributed by atoms with Gasteiger partial charge in [0.2, 0.25) is 0 Å². The largest absolute Gasteiger partial charge is 0.395 e. The zero-order valence-electron chi connectivity index (χ0n) is 12.5. The fraction of sp³-hybridized carbons (Fsp3) is 0.667. The molecular weight excluding hydrogens is 318 g/mol. The first-order chi connectivity index (χ1) is 10.3. The highest BCUT2D eigenvalue weighted by molar-refractivity contribution is 7.79. The van der Waals surface area contributed by atoms with Crippen LogP contribution in [-0.2, 0) is 15.1 Å². The summed E-state index contributed by atoms with van der Waals surface area (Å²) in [4.78, 5) is 1.79. The van der Waals surface area contributed by atoms with Crippen LogP contribution in [0.3, 0.4) is 0 Å². The number of hydrogen-bond donors (Lipinski definition) is 5. The Balaban J connectivity index is -0.000000263. The molecule has 0 heterocycles. The highest BCUT2D eigenvalue weighted by Gasteiger charge is 2.00. The van der Waals surface area contributed by atoms with Gasteiger partial charge >= 0.3 is 10.4 Å². The Kier molecular flexibility index (Phi) is 23.9. The van der Waals surface area contributed by atoms with Crippen molar-refractivity contribution in [3.8, 4) is 0 Å². The number of aliphatic hydroxyl groups excluding tert-OH is 3. The third-order valence-corrected chi connectivity index (χ3v) is 1.72. The van der Waals surface area contributed by atoms with E-state index in [4.69, 9.17) is 37.6 Å². The van der Waals surface area contributed by atoms with Gasteiger partial charge in [-0.3, -0.25) is 14.0 Å². The van der Waals surface area contributed by atoms with Crippen molar-refractivity contribution >= 4 is 10.4 Å². The van der Waals surface area contributed by atoms with Crippen molar-refractivity contribution in [3.63, 3.8) is 0 Å². The SMILES string of the molecule is C=CCOCC=C.O=S(=O)(O)O.OCCN(CCO)CCO. The fourth-order valence-corrected chi connectivity index (χ4v) is 0.994. The van der Waals surface area contributed by atoms with Gasteiger partial charge in [-0.05, 0) is 0 Å². The lowest BCUT2D eigenvalue weighted by atomic mass is 10.4. The lowest BCUT2D eigenvalue weighted by Crippen LogP contribution is -2.32. The standard InChI is InChI=1S/C6H15NO3.C6H10O.H2O4S/c8-4-1-7(2-5-9)3-6-10;1-3-5-7-6-4-2;1-5(2,3)4/h8-10H,1-6H2;3-4H,1-2,5-6H2;(H2,1,2,3,4). The van der Waals surface area contributed by atoms with Gasteiger partial charge in [0.1, 0.15) is 0 Å². The number of hydrogen-bond acceptors (Lipinski definition) is 7. The van der Waals surface area contributed by atoms with E-state index in [1.54, 1.807) is 17.1 Å². The van der Waals surface area contributed by atoms with E-state index in [9.17, 15) is 0 Å². The first-order valence-corrected chi connectivity index (χ1v) is 7.70. The number of ether oxygens (including phenoxy) is 1. The second-order valence-corrected chi connectivity index (χ2v) is 4.47. The predicted octanol–water partition coefficient (Wildman–Crippen LogP) is -1.01. The fourth-order valence-electron chi connectivity index (χ4n) is 0.994. The molecule has 0 aliphatic carbocycles. The molecule has 0 aromatic heterocycles. The van der Waals surface area contributed by atoms with Crippen molar-refractivity contribution in [2.75, 3.05) is 52.7 Å². The van der Waals surface area contributed by atoms with Crippen molar-refractivity contribution in [3.05, 3.63) is 25.3 Å². The molecule has 0 saturated heterocycles. The summed E-state index contributed by atoms with van der Waals surface area (Å²) >= 11 is 0. The molecule has 10 heteroatoms. The van der Waals surface area contributed by atoms with E-state index in [0.717, 1.165) is 0 Å². The molecule has 5 N–H and O–H groups in total. The molecule has 0 aliphatic heterocycles. The Hall–Kier alpha value is -0.850. The summed E-state index contributed by atoms with van der Waals surface area (Å²) in [5.74, 6) is 0. The van der Waals surface area contributed by atoms with Crippen LogP contribution >= 0.6 is 0 Å². The molecule has 134 valence electrons. The van der Waals surface area contributed by atoms with Crippen molar-refractivity contribution in [2.45, 2.75) is 0 Å². The van der Waals surface area contributed by atoms with Crippen LogP contribution in [-0.4, -0.2) is 90.4 Å². The quantitative estimate of drug-likeness (QED) is 0.191. The molecule has 0 radical (unpaired) electrons. The van der Waals surface area contributed by atoms with E-state index < -0.39 is 10.4 Å². The molecule has 0 atom stereocenters. The Morgan fingerprint density at radius 1 is 0.864 bits per heavy atom. The molecule has 0 fully saturated rings. The average molecular weight is 345 g/mol. The molecule has 0 saturated carbocycles. The predicted molar refractivity (Wildman–Crippen MR) is 83.1 cm³/mol. The average Bonchev–Trinajstić information content (AvgIpc) is 2.39. The lowest BCUT2D eigenvalue weighted by molar-refractivity contribution is 0.136. The molecule has 0 aromatic carbocycles. The zero-order chi connectivity index (χ0) is 17.9. The van der Waals surface area contributed by atoms with Gasteiger partial charge in [0.25, 0.3) is 0 Å². The lowest BCUT2D eigenvalue weighted by Gasteiger charge is -2.17. The first kappa shape index (κ1) is 26.1.